The number of hydrogen-bond donors (Lipinski definition) is 1. The number of para-hydroxylation sites is 1. The van der Waals surface area contributed by atoms with Crippen LogP contribution in [0.1, 0.15) is 88.8 Å². The Hall–Kier alpha value is -5.08. The van der Waals surface area contributed by atoms with E-state index in [2.05, 4.69) is 177 Å². The minimum Gasteiger partial charge on any atom is -0.398 e. The molecule has 0 heterocycles. The number of nitrogen functional groups attached to an aromatic ring is 1. The summed E-state index contributed by atoms with van der Waals surface area (Å²) in [5, 5.41) is 0. The first-order valence-corrected chi connectivity index (χ1v) is 18.2. The molecule has 1 aliphatic carbocycles. The molecule has 0 aromatic heterocycles. The molecule has 0 radical (unpaired) electrons. The van der Waals surface area contributed by atoms with E-state index in [1.807, 2.05) is 30.3 Å². The Morgan fingerprint density at radius 1 is 0.471 bits per heavy atom. The lowest BCUT2D eigenvalue weighted by molar-refractivity contribution is 0.590. The van der Waals surface area contributed by atoms with Crippen LogP contribution in [0, 0.1) is 13.8 Å². The van der Waals surface area contributed by atoms with Gasteiger partial charge in [0.2, 0.25) is 0 Å². The van der Waals surface area contributed by atoms with E-state index in [0.717, 1.165) is 22.6 Å². The van der Waals surface area contributed by atoms with Crippen LogP contribution in [-0.4, -0.2) is 0 Å². The maximum atomic E-state index is 6.44. The van der Waals surface area contributed by atoms with E-state index in [9.17, 15) is 0 Å². The maximum Gasteiger partial charge on any atom is 0.0465 e. The van der Waals surface area contributed by atoms with Crippen LogP contribution in [0.15, 0.2) is 133 Å². The number of anilines is 4. The van der Waals surface area contributed by atoms with E-state index >= 15 is 0 Å². The third-order valence-corrected chi connectivity index (χ3v) is 10.4. The first-order chi connectivity index (χ1) is 24.1. The van der Waals surface area contributed by atoms with Crippen LogP contribution < -0.4 is 10.6 Å². The Labute approximate surface area is 307 Å². The molecule has 0 saturated carbocycles. The highest BCUT2D eigenvalue weighted by atomic mass is 15.1. The predicted octanol–water partition coefficient (Wildman–Crippen LogP) is 13.6. The van der Waals surface area contributed by atoms with Gasteiger partial charge in [0.25, 0.3) is 0 Å². The summed E-state index contributed by atoms with van der Waals surface area (Å²) >= 11 is 0. The van der Waals surface area contributed by atoms with E-state index in [4.69, 9.17) is 5.73 Å². The summed E-state index contributed by atoms with van der Waals surface area (Å²) in [7, 11) is 0. The van der Waals surface area contributed by atoms with Crippen LogP contribution in [0.3, 0.4) is 0 Å². The molecule has 0 fully saturated rings. The molecule has 2 heteroatoms. The zero-order chi connectivity index (χ0) is 36.7. The normalized spacial score (nSPS) is 13.1. The Kier molecular flexibility index (Phi) is 9.51. The average Bonchev–Trinajstić information content (AvgIpc) is 3.30. The first-order valence-electron chi connectivity index (χ1n) is 18.2. The highest BCUT2D eigenvalue weighted by Crippen LogP contribution is 2.52. The number of rotatable bonds is 4. The van der Waals surface area contributed by atoms with Gasteiger partial charge in [-0.05, 0) is 118 Å². The van der Waals surface area contributed by atoms with Crippen molar-refractivity contribution in [3.05, 3.63) is 167 Å². The molecule has 2 N–H and O–H groups in total. The van der Waals surface area contributed by atoms with E-state index in [0.29, 0.717) is 0 Å². The second-order valence-electron chi connectivity index (χ2n) is 16.7. The van der Waals surface area contributed by atoms with Crippen LogP contribution in [-0.2, 0) is 16.2 Å². The van der Waals surface area contributed by atoms with Gasteiger partial charge in [0, 0.05) is 33.7 Å². The molecule has 0 saturated heterocycles. The van der Waals surface area contributed by atoms with Crippen LogP contribution in [0.25, 0.3) is 22.3 Å². The van der Waals surface area contributed by atoms with Gasteiger partial charge in [0.15, 0.2) is 0 Å². The zero-order valence-corrected chi connectivity index (χ0v) is 32.2. The quantitative estimate of drug-likeness (QED) is 0.189. The van der Waals surface area contributed by atoms with Crippen LogP contribution >= 0.6 is 0 Å². The summed E-state index contributed by atoms with van der Waals surface area (Å²) in [6, 6.07) is 48.4. The van der Waals surface area contributed by atoms with Crippen molar-refractivity contribution in [2.45, 2.75) is 85.5 Å². The molecule has 0 bridgehead atoms. The molecule has 0 amide bonds. The number of nitrogens with two attached hydrogens (primary N) is 1. The fraction of sp³-hybridized carbons (Fsp3) is 0.265. The molecule has 1 aliphatic rings. The molecule has 0 spiro atoms. The highest BCUT2D eigenvalue weighted by Gasteiger charge is 2.37. The standard InChI is InChI=1S/C42H46N2.C7H8/c1-27-24-36-33-23-22-32(25-37(33)42(8,9)38(36)26-35(27)34-12-10-11-13-39(34)43)44(30-18-14-28(15-19-30)40(2,3)4)31-20-16-29(17-21-31)41(5,6)7;1-7-5-3-2-4-6-7/h10-26H,43H2,1-9H3;2-6H,1H3. The SMILES string of the molecule is Cc1cc2c(cc1-c1ccccc1N)C(C)(C)c1cc(N(c3ccc(C(C)(C)C)cc3)c3ccc(C(C)(C)C)cc3)ccc1-2.Cc1ccccc1. The lowest BCUT2D eigenvalue weighted by atomic mass is 9.80. The Bertz CT molecular complexity index is 2080. The summed E-state index contributed by atoms with van der Waals surface area (Å²) < 4.78 is 0. The van der Waals surface area contributed by atoms with Crippen molar-refractivity contribution in [2.24, 2.45) is 0 Å². The maximum absolute atomic E-state index is 6.44. The summed E-state index contributed by atoms with van der Waals surface area (Å²) in [6.45, 7) is 22.6. The molecule has 51 heavy (non-hydrogen) atoms. The van der Waals surface area contributed by atoms with Crippen molar-refractivity contribution >= 4 is 22.7 Å². The average molecular weight is 671 g/mol. The number of nitrogens with zero attached hydrogens (tertiary/aromatic N) is 1. The van der Waals surface area contributed by atoms with E-state index in [-0.39, 0.29) is 16.2 Å². The predicted molar refractivity (Wildman–Crippen MR) is 222 cm³/mol. The van der Waals surface area contributed by atoms with Crippen LogP contribution in [0.4, 0.5) is 22.7 Å². The van der Waals surface area contributed by atoms with E-state index < -0.39 is 0 Å². The van der Waals surface area contributed by atoms with Gasteiger partial charge in [-0.15, -0.1) is 0 Å². The van der Waals surface area contributed by atoms with Gasteiger partial charge in [-0.3, -0.25) is 0 Å². The van der Waals surface area contributed by atoms with Crippen LogP contribution in [0.2, 0.25) is 0 Å². The third kappa shape index (κ3) is 7.24. The van der Waals surface area contributed by atoms with Gasteiger partial charge in [0.1, 0.15) is 0 Å². The van der Waals surface area contributed by atoms with Crippen molar-refractivity contribution in [3.8, 4) is 22.3 Å². The number of benzene rings is 6. The number of hydrogen-bond acceptors (Lipinski definition) is 2. The van der Waals surface area contributed by atoms with E-state index in [1.165, 1.54) is 55.8 Å². The highest BCUT2D eigenvalue weighted by molar-refractivity contribution is 5.89. The topological polar surface area (TPSA) is 29.3 Å². The molecule has 7 rings (SSSR count). The van der Waals surface area contributed by atoms with Gasteiger partial charge in [-0.1, -0.05) is 146 Å². The van der Waals surface area contributed by atoms with Crippen molar-refractivity contribution in [2.75, 3.05) is 10.6 Å². The molecular weight excluding hydrogens is 617 g/mol. The third-order valence-electron chi connectivity index (χ3n) is 10.4. The monoisotopic (exact) mass is 670 g/mol. The van der Waals surface area contributed by atoms with Crippen molar-refractivity contribution in [1.82, 2.24) is 0 Å². The van der Waals surface area contributed by atoms with Gasteiger partial charge in [0.05, 0.1) is 0 Å². The van der Waals surface area contributed by atoms with Crippen LogP contribution in [0.5, 0.6) is 0 Å². The lowest BCUT2D eigenvalue weighted by Crippen LogP contribution is -2.17. The molecular formula is C49H54N2. The first kappa shape index (κ1) is 35.7. The smallest absolute Gasteiger partial charge is 0.0465 e. The largest absolute Gasteiger partial charge is 0.398 e. The molecule has 0 aliphatic heterocycles. The molecule has 260 valence electrons. The minimum atomic E-state index is -0.162. The van der Waals surface area contributed by atoms with Crippen molar-refractivity contribution in [3.63, 3.8) is 0 Å². The summed E-state index contributed by atoms with van der Waals surface area (Å²) in [5.74, 6) is 0. The summed E-state index contributed by atoms with van der Waals surface area (Å²) in [6.07, 6.45) is 0. The fourth-order valence-corrected chi connectivity index (χ4v) is 7.25. The molecule has 2 nitrogen and oxygen atoms in total. The number of fused-ring (bicyclic) bond motifs is 3. The Morgan fingerprint density at radius 2 is 0.961 bits per heavy atom. The minimum absolute atomic E-state index is 0.0997. The molecule has 6 aromatic carbocycles. The van der Waals surface area contributed by atoms with Crippen molar-refractivity contribution < 1.29 is 0 Å². The summed E-state index contributed by atoms with van der Waals surface area (Å²) in [4.78, 5) is 2.40. The molecule has 6 aromatic rings. The second-order valence-corrected chi connectivity index (χ2v) is 16.7. The Balaban J connectivity index is 0.000000573. The number of aryl methyl sites for hydroxylation is 2. The lowest BCUT2D eigenvalue weighted by Gasteiger charge is -2.29. The Morgan fingerprint density at radius 3 is 1.45 bits per heavy atom. The van der Waals surface area contributed by atoms with Gasteiger partial charge in [-0.25, -0.2) is 0 Å². The van der Waals surface area contributed by atoms with Crippen molar-refractivity contribution in [1.29, 1.82) is 0 Å². The van der Waals surface area contributed by atoms with Gasteiger partial charge < -0.3 is 10.6 Å². The summed E-state index contributed by atoms with van der Waals surface area (Å²) in [5.41, 5.74) is 23.7. The fourth-order valence-electron chi connectivity index (χ4n) is 7.25. The van der Waals surface area contributed by atoms with E-state index in [1.54, 1.807) is 0 Å². The van der Waals surface area contributed by atoms with Gasteiger partial charge >= 0.3 is 0 Å². The molecule has 0 atom stereocenters. The second kappa shape index (κ2) is 13.6. The zero-order valence-electron chi connectivity index (χ0n) is 32.2. The molecule has 0 unspecified atom stereocenters. The van der Waals surface area contributed by atoms with Gasteiger partial charge in [-0.2, -0.15) is 0 Å².